The van der Waals surface area contributed by atoms with Gasteiger partial charge in [-0.1, -0.05) is 42.5 Å². The number of carbonyl (C=O) groups is 1. The molecule has 0 amide bonds. The van der Waals surface area contributed by atoms with E-state index in [9.17, 15) is 9.59 Å². The summed E-state index contributed by atoms with van der Waals surface area (Å²) >= 11 is 0. The number of esters is 1. The zero-order valence-corrected chi connectivity index (χ0v) is 14.3. The normalized spacial score (nSPS) is 11.1. The van der Waals surface area contributed by atoms with Crippen LogP contribution < -0.4 is 5.56 Å². The molecule has 0 radical (unpaired) electrons. The smallest absolute Gasteiger partial charge is 0.310 e. The first-order valence-electron chi connectivity index (χ1n) is 8.27. The van der Waals surface area contributed by atoms with Crippen molar-refractivity contribution in [2.24, 2.45) is 0 Å². The van der Waals surface area contributed by atoms with Crippen LogP contribution in [0.4, 0.5) is 0 Å². The fraction of sp³-hybridized carbons (Fsp3) is 0.150. The summed E-state index contributed by atoms with van der Waals surface area (Å²) in [6.07, 6.45) is 1.61. The molecule has 26 heavy (non-hydrogen) atoms. The number of benzene rings is 2. The van der Waals surface area contributed by atoms with Gasteiger partial charge in [-0.3, -0.25) is 18.6 Å². The Hall–Kier alpha value is -3.41. The Morgan fingerprint density at radius 2 is 1.81 bits per heavy atom. The summed E-state index contributed by atoms with van der Waals surface area (Å²) in [5.41, 5.74) is 2.81. The predicted octanol–water partition coefficient (Wildman–Crippen LogP) is 2.41. The van der Waals surface area contributed by atoms with Crippen molar-refractivity contribution in [2.75, 3.05) is 7.11 Å². The highest BCUT2D eigenvalue weighted by Crippen LogP contribution is 2.17. The average molecular weight is 347 g/mol. The summed E-state index contributed by atoms with van der Waals surface area (Å²) in [5.74, 6) is 0.103. The SMILES string of the molecule is COC(=O)Cc1cn2c3ccccc3nc2n(Cc2ccccc2)c1=O. The summed E-state index contributed by atoms with van der Waals surface area (Å²) in [4.78, 5) is 29.4. The van der Waals surface area contributed by atoms with Gasteiger partial charge in [0.25, 0.3) is 5.56 Å². The number of fused-ring (bicyclic) bond motifs is 3. The molecule has 130 valence electrons. The van der Waals surface area contributed by atoms with Gasteiger partial charge in [-0.05, 0) is 17.7 Å². The van der Waals surface area contributed by atoms with E-state index in [1.165, 1.54) is 7.11 Å². The van der Waals surface area contributed by atoms with Gasteiger partial charge in [0.1, 0.15) is 0 Å². The molecule has 2 heterocycles. The van der Waals surface area contributed by atoms with E-state index < -0.39 is 5.97 Å². The van der Waals surface area contributed by atoms with Crippen molar-refractivity contribution in [1.82, 2.24) is 14.0 Å². The fourth-order valence-corrected chi connectivity index (χ4v) is 3.08. The van der Waals surface area contributed by atoms with Crippen LogP contribution in [-0.2, 0) is 22.5 Å². The van der Waals surface area contributed by atoms with E-state index in [1.54, 1.807) is 10.8 Å². The van der Waals surface area contributed by atoms with Crippen molar-refractivity contribution in [3.63, 3.8) is 0 Å². The standard InChI is InChI=1S/C20H17N3O3/c1-26-18(24)11-15-13-22-17-10-6-5-9-16(17)21-20(22)23(19(15)25)12-14-7-3-2-4-8-14/h2-10,13H,11-12H2,1H3. The number of aromatic nitrogens is 3. The third kappa shape index (κ3) is 2.75. The van der Waals surface area contributed by atoms with Crippen LogP contribution in [0.1, 0.15) is 11.1 Å². The highest BCUT2D eigenvalue weighted by Gasteiger charge is 2.16. The van der Waals surface area contributed by atoms with Crippen molar-refractivity contribution >= 4 is 22.8 Å². The molecule has 0 fully saturated rings. The highest BCUT2D eigenvalue weighted by atomic mass is 16.5. The van der Waals surface area contributed by atoms with Crippen molar-refractivity contribution in [3.8, 4) is 0 Å². The van der Waals surface area contributed by atoms with Gasteiger partial charge in [-0.25, -0.2) is 4.98 Å². The van der Waals surface area contributed by atoms with E-state index in [0.29, 0.717) is 17.9 Å². The summed E-state index contributed by atoms with van der Waals surface area (Å²) in [6, 6.07) is 17.4. The highest BCUT2D eigenvalue weighted by molar-refractivity contribution is 5.80. The van der Waals surface area contributed by atoms with Crippen LogP contribution in [0.15, 0.2) is 65.6 Å². The van der Waals surface area contributed by atoms with Gasteiger partial charge in [-0.2, -0.15) is 0 Å². The number of imidazole rings is 1. The zero-order valence-electron chi connectivity index (χ0n) is 14.3. The van der Waals surface area contributed by atoms with Crippen molar-refractivity contribution < 1.29 is 9.53 Å². The van der Waals surface area contributed by atoms with Crippen LogP contribution in [0.5, 0.6) is 0 Å². The van der Waals surface area contributed by atoms with Crippen LogP contribution in [0, 0.1) is 0 Å². The Kier molecular flexibility index (Phi) is 4.01. The molecule has 0 spiro atoms. The second kappa shape index (κ2) is 6.48. The minimum atomic E-state index is -0.447. The third-order valence-corrected chi connectivity index (χ3v) is 4.37. The first kappa shape index (κ1) is 16.1. The third-order valence-electron chi connectivity index (χ3n) is 4.37. The minimum Gasteiger partial charge on any atom is -0.469 e. The van der Waals surface area contributed by atoms with Crippen LogP contribution in [-0.4, -0.2) is 27.0 Å². The molecule has 4 rings (SSSR count). The maximum absolute atomic E-state index is 13.0. The molecule has 0 aliphatic rings. The first-order valence-corrected chi connectivity index (χ1v) is 8.27. The number of hydrogen-bond acceptors (Lipinski definition) is 4. The Morgan fingerprint density at radius 3 is 2.58 bits per heavy atom. The molecular formula is C20H17N3O3. The Bertz CT molecular complexity index is 1160. The lowest BCUT2D eigenvalue weighted by Gasteiger charge is -2.11. The molecule has 0 saturated carbocycles. The second-order valence-electron chi connectivity index (χ2n) is 6.05. The number of hydrogen-bond donors (Lipinski definition) is 0. The maximum atomic E-state index is 13.0. The van der Waals surface area contributed by atoms with Gasteiger partial charge in [0.05, 0.1) is 31.1 Å². The number of carbonyl (C=O) groups excluding carboxylic acids is 1. The molecule has 2 aromatic heterocycles. The first-order chi connectivity index (χ1) is 12.7. The van der Waals surface area contributed by atoms with Gasteiger partial charge in [0.2, 0.25) is 5.78 Å². The number of methoxy groups -OCH3 is 1. The molecule has 0 unspecified atom stereocenters. The summed E-state index contributed by atoms with van der Waals surface area (Å²) in [5, 5.41) is 0. The number of para-hydroxylation sites is 2. The van der Waals surface area contributed by atoms with E-state index in [1.807, 2.05) is 59.0 Å². The molecule has 6 nitrogen and oxygen atoms in total. The molecule has 4 aromatic rings. The van der Waals surface area contributed by atoms with Crippen LogP contribution >= 0.6 is 0 Å². The van der Waals surface area contributed by atoms with Gasteiger partial charge in [0, 0.05) is 11.8 Å². The van der Waals surface area contributed by atoms with Gasteiger partial charge < -0.3 is 4.74 Å². The van der Waals surface area contributed by atoms with Crippen molar-refractivity contribution in [2.45, 2.75) is 13.0 Å². The summed E-state index contributed by atoms with van der Waals surface area (Å²) < 4.78 is 8.20. The largest absolute Gasteiger partial charge is 0.469 e. The molecule has 6 heteroatoms. The Morgan fingerprint density at radius 1 is 1.08 bits per heavy atom. The van der Waals surface area contributed by atoms with E-state index in [4.69, 9.17) is 4.74 Å². The van der Waals surface area contributed by atoms with Gasteiger partial charge in [0.15, 0.2) is 0 Å². The molecule has 0 aliphatic heterocycles. The van der Waals surface area contributed by atoms with Crippen LogP contribution in [0.25, 0.3) is 16.8 Å². The van der Waals surface area contributed by atoms with E-state index >= 15 is 0 Å². The lowest BCUT2D eigenvalue weighted by molar-refractivity contribution is -0.139. The molecule has 0 aliphatic carbocycles. The Balaban J connectivity index is 1.98. The fourth-order valence-electron chi connectivity index (χ4n) is 3.08. The summed E-state index contributed by atoms with van der Waals surface area (Å²) in [7, 11) is 1.32. The zero-order chi connectivity index (χ0) is 18.1. The Labute approximate surface area is 149 Å². The van der Waals surface area contributed by atoms with Crippen LogP contribution in [0.3, 0.4) is 0 Å². The monoisotopic (exact) mass is 347 g/mol. The maximum Gasteiger partial charge on any atom is 0.310 e. The molecule has 2 aromatic carbocycles. The predicted molar refractivity (Wildman–Crippen MR) is 98.2 cm³/mol. The lowest BCUT2D eigenvalue weighted by Crippen LogP contribution is -2.28. The number of nitrogens with zero attached hydrogens (tertiary/aromatic N) is 3. The minimum absolute atomic E-state index is 0.0768. The lowest BCUT2D eigenvalue weighted by atomic mass is 10.2. The molecule has 0 N–H and O–H groups in total. The molecule has 0 saturated heterocycles. The van der Waals surface area contributed by atoms with E-state index in [0.717, 1.165) is 16.6 Å². The van der Waals surface area contributed by atoms with Gasteiger partial charge in [-0.15, -0.1) is 0 Å². The van der Waals surface area contributed by atoms with Crippen molar-refractivity contribution in [3.05, 3.63) is 82.3 Å². The number of rotatable bonds is 4. The quantitative estimate of drug-likeness (QED) is 0.532. The summed E-state index contributed by atoms with van der Waals surface area (Å²) in [6.45, 7) is 0.376. The molecule has 0 atom stereocenters. The molecular weight excluding hydrogens is 330 g/mol. The van der Waals surface area contributed by atoms with E-state index in [-0.39, 0.29) is 12.0 Å². The number of ether oxygens (including phenoxy) is 1. The second-order valence-corrected chi connectivity index (χ2v) is 6.05. The average Bonchev–Trinajstić information content (AvgIpc) is 3.04. The van der Waals surface area contributed by atoms with Crippen LogP contribution in [0.2, 0.25) is 0 Å². The molecule has 0 bridgehead atoms. The van der Waals surface area contributed by atoms with Gasteiger partial charge >= 0.3 is 5.97 Å². The topological polar surface area (TPSA) is 65.6 Å². The van der Waals surface area contributed by atoms with Crippen molar-refractivity contribution in [1.29, 1.82) is 0 Å². The van der Waals surface area contributed by atoms with E-state index in [2.05, 4.69) is 4.98 Å².